The first-order chi connectivity index (χ1) is 6.75. The normalized spacial score (nSPS) is 10.4. The molecule has 14 heavy (non-hydrogen) atoms. The molecule has 2 rings (SSSR count). The molecule has 2 aromatic rings. The molecule has 0 aliphatic heterocycles. The average molecular weight is 257 g/mol. The molecule has 1 heterocycles. The van der Waals surface area contributed by atoms with Gasteiger partial charge in [-0.15, -0.1) is 10.2 Å². The van der Waals surface area contributed by atoms with Crippen LogP contribution in [-0.2, 0) is 6.42 Å². The fourth-order valence-electron chi connectivity index (χ4n) is 1.09. The molecule has 1 aromatic carbocycles. The number of H-pyrrole nitrogens is 1. The van der Waals surface area contributed by atoms with Gasteiger partial charge in [0.05, 0.1) is 4.47 Å². The molecular formula is C8H6BrFN4. The van der Waals surface area contributed by atoms with Crippen LogP contribution in [0.15, 0.2) is 22.7 Å². The van der Waals surface area contributed by atoms with Crippen molar-refractivity contribution in [2.45, 2.75) is 6.42 Å². The number of hydrogen-bond donors (Lipinski definition) is 1. The number of rotatable bonds is 2. The summed E-state index contributed by atoms with van der Waals surface area (Å²) in [6.45, 7) is 0. The molecule has 0 atom stereocenters. The Morgan fingerprint density at radius 1 is 1.43 bits per heavy atom. The van der Waals surface area contributed by atoms with E-state index in [4.69, 9.17) is 0 Å². The summed E-state index contributed by atoms with van der Waals surface area (Å²) in [6.07, 6.45) is 0.537. The number of aromatic nitrogens is 4. The van der Waals surface area contributed by atoms with Gasteiger partial charge in [-0.05, 0) is 33.6 Å². The van der Waals surface area contributed by atoms with Gasteiger partial charge in [-0.25, -0.2) is 4.39 Å². The van der Waals surface area contributed by atoms with Crippen LogP contribution in [0.1, 0.15) is 11.4 Å². The first-order valence-corrected chi connectivity index (χ1v) is 4.71. The van der Waals surface area contributed by atoms with E-state index in [0.29, 0.717) is 16.7 Å². The van der Waals surface area contributed by atoms with E-state index in [1.54, 1.807) is 12.1 Å². The Hall–Kier alpha value is -1.30. The Morgan fingerprint density at radius 2 is 2.29 bits per heavy atom. The number of benzene rings is 1. The van der Waals surface area contributed by atoms with Crippen LogP contribution in [0.2, 0.25) is 0 Å². The molecule has 72 valence electrons. The highest BCUT2D eigenvalue weighted by Gasteiger charge is 2.03. The van der Waals surface area contributed by atoms with Gasteiger partial charge in [-0.1, -0.05) is 11.3 Å². The number of halogens is 2. The number of nitrogens with one attached hydrogen (secondary N) is 1. The van der Waals surface area contributed by atoms with Crippen LogP contribution in [0, 0.1) is 5.82 Å². The van der Waals surface area contributed by atoms with Gasteiger partial charge in [-0.2, -0.15) is 5.21 Å². The van der Waals surface area contributed by atoms with E-state index >= 15 is 0 Å². The summed E-state index contributed by atoms with van der Waals surface area (Å²) in [5, 5.41) is 13.4. The van der Waals surface area contributed by atoms with Gasteiger partial charge in [0.25, 0.3) is 0 Å². The van der Waals surface area contributed by atoms with Crippen molar-refractivity contribution in [1.82, 2.24) is 20.6 Å². The zero-order chi connectivity index (χ0) is 9.97. The Labute approximate surface area is 87.7 Å². The van der Waals surface area contributed by atoms with Crippen LogP contribution in [0.5, 0.6) is 0 Å². The van der Waals surface area contributed by atoms with Crippen molar-refractivity contribution in [1.29, 1.82) is 0 Å². The molecule has 1 N–H and O–H groups in total. The predicted molar refractivity (Wildman–Crippen MR) is 51.1 cm³/mol. The Morgan fingerprint density at radius 3 is 2.93 bits per heavy atom. The summed E-state index contributed by atoms with van der Waals surface area (Å²) in [6, 6.07) is 4.79. The zero-order valence-electron chi connectivity index (χ0n) is 7.04. The smallest absolute Gasteiger partial charge is 0.178 e. The summed E-state index contributed by atoms with van der Waals surface area (Å²) in [4.78, 5) is 0. The molecule has 0 bridgehead atoms. The van der Waals surface area contributed by atoms with Gasteiger partial charge in [0, 0.05) is 6.42 Å². The van der Waals surface area contributed by atoms with E-state index in [1.165, 1.54) is 6.07 Å². The van der Waals surface area contributed by atoms with Gasteiger partial charge in [-0.3, -0.25) is 0 Å². The fourth-order valence-corrected chi connectivity index (χ4v) is 1.52. The van der Waals surface area contributed by atoms with Crippen molar-refractivity contribution in [2.24, 2.45) is 0 Å². The highest BCUT2D eigenvalue weighted by Crippen LogP contribution is 2.17. The minimum atomic E-state index is -0.276. The van der Waals surface area contributed by atoms with E-state index in [2.05, 4.69) is 36.6 Å². The van der Waals surface area contributed by atoms with E-state index < -0.39 is 0 Å². The first kappa shape index (κ1) is 9.26. The average Bonchev–Trinajstić information content (AvgIpc) is 2.64. The summed E-state index contributed by atoms with van der Waals surface area (Å²) in [5.41, 5.74) is 0.930. The SMILES string of the molecule is Fc1ccc(Cc2nn[nH]n2)cc1Br. The molecule has 0 amide bonds. The molecule has 0 saturated carbocycles. The Bertz CT molecular complexity index is 429. The molecule has 0 fully saturated rings. The monoisotopic (exact) mass is 256 g/mol. The minimum absolute atomic E-state index is 0.276. The van der Waals surface area contributed by atoms with Crippen molar-refractivity contribution >= 4 is 15.9 Å². The molecule has 0 unspecified atom stereocenters. The molecule has 6 heteroatoms. The van der Waals surface area contributed by atoms with Gasteiger partial charge >= 0.3 is 0 Å². The molecule has 4 nitrogen and oxygen atoms in total. The second-order valence-corrected chi connectivity index (χ2v) is 3.61. The molecular weight excluding hydrogens is 251 g/mol. The Balaban J connectivity index is 2.22. The quantitative estimate of drug-likeness (QED) is 0.890. The number of aromatic amines is 1. The second-order valence-electron chi connectivity index (χ2n) is 2.75. The third-order valence-corrected chi connectivity index (χ3v) is 2.34. The summed E-state index contributed by atoms with van der Waals surface area (Å²) in [7, 11) is 0. The predicted octanol–water partition coefficient (Wildman–Crippen LogP) is 1.69. The highest BCUT2D eigenvalue weighted by atomic mass is 79.9. The summed E-state index contributed by atoms with van der Waals surface area (Å²) in [5.74, 6) is 0.311. The van der Waals surface area contributed by atoms with Crippen molar-refractivity contribution in [3.8, 4) is 0 Å². The van der Waals surface area contributed by atoms with E-state index in [9.17, 15) is 4.39 Å². The van der Waals surface area contributed by atoms with Gasteiger partial charge in [0.15, 0.2) is 5.82 Å². The third-order valence-electron chi connectivity index (χ3n) is 1.74. The maximum atomic E-state index is 12.9. The largest absolute Gasteiger partial charge is 0.206 e. The molecule has 0 spiro atoms. The van der Waals surface area contributed by atoms with Gasteiger partial charge < -0.3 is 0 Å². The number of nitrogens with zero attached hydrogens (tertiary/aromatic N) is 3. The fraction of sp³-hybridized carbons (Fsp3) is 0.125. The molecule has 0 radical (unpaired) electrons. The first-order valence-electron chi connectivity index (χ1n) is 3.92. The lowest BCUT2D eigenvalue weighted by molar-refractivity contribution is 0.620. The van der Waals surface area contributed by atoms with Crippen LogP contribution in [0.25, 0.3) is 0 Å². The Kier molecular flexibility index (Phi) is 2.53. The van der Waals surface area contributed by atoms with Crippen molar-refractivity contribution < 1.29 is 4.39 Å². The van der Waals surface area contributed by atoms with E-state index in [-0.39, 0.29) is 5.82 Å². The van der Waals surface area contributed by atoms with Gasteiger partial charge in [0.1, 0.15) is 5.82 Å². The lowest BCUT2D eigenvalue weighted by atomic mass is 10.1. The van der Waals surface area contributed by atoms with E-state index in [1.807, 2.05) is 0 Å². The lowest BCUT2D eigenvalue weighted by Crippen LogP contribution is -1.92. The molecule has 0 aliphatic carbocycles. The van der Waals surface area contributed by atoms with Crippen LogP contribution < -0.4 is 0 Å². The molecule has 0 aliphatic rings. The maximum Gasteiger partial charge on any atom is 0.178 e. The zero-order valence-corrected chi connectivity index (χ0v) is 8.62. The van der Waals surface area contributed by atoms with Crippen molar-refractivity contribution in [2.75, 3.05) is 0 Å². The van der Waals surface area contributed by atoms with Crippen LogP contribution in [0.3, 0.4) is 0 Å². The third kappa shape index (κ3) is 1.95. The number of tetrazole rings is 1. The lowest BCUT2D eigenvalue weighted by Gasteiger charge is -1.98. The van der Waals surface area contributed by atoms with Gasteiger partial charge in [0.2, 0.25) is 0 Å². The number of hydrogen-bond acceptors (Lipinski definition) is 3. The summed E-state index contributed by atoms with van der Waals surface area (Å²) < 4.78 is 13.3. The van der Waals surface area contributed by atoms with Crippen LogP contribution in [0.4, 0.5) is 4.39 Å². The second kappa shape index (κ2) is 3.83. The maximum absolute atomic E-state index is 12.9. The van der Waals surface area contributed by atoms with Crippen LogP contribution >= 0.6 is 15.9 Å². The molecule has 0 saturated heterocycles. The van der Waals surface area contributed by atoms with Crippen molar-refractivity contribution in [3.05, 3.63) is 39.9 Å². The van der Waals surface area contributed by atoms with Crippen LogP contribution in [-0.4, -0.2) is 20.6 Å². The van der Waals surface area contributed by atoms with E-state index in [0.717, 1.165) is 5.56 Å². The standard InChI is InChI=1S/C8H6BrFN4/c9-6-3-5(1-2-7(6)10)4-8-11-13-14-12-8/h1-3H,4H2,(H,11,12,13,14). The topological polar surface area (TPSA) is 54.5 Å². The molecule has 1 aromatic heterocycles. The highest BCUT2D eigenvalue weighted by molar-refractivity contribution is 9.10. The van der Waals surface area contributed by atoms with Crippen molar-refractivity contribution in [3.63, 3.8) is 0 Å². The minimum Gasteiger partial charge on any atom is -0.206 e. The summed E-state index contributed by atoms with van der Waals surface area (Å²) >= 11 is 3.11.